The van der Waals surface area contributed by atoms with Crippen LogP contribution >= 0.6 is 0 Å². The number of rotatable bonds is 5. The zero-order valence-corrected chi connectivity index (χ0v) is 16.7. The number of carbonyl (C=O) groups excluding carboxylic acids is 1. The summed E-state index contributed by atoms with van der Waals surface area (Å²) in [7, 11) is 0. The van der Waals surface area contributed by atoms with Gasteiger partial charge in [0.2, 0.25) is 0 Å². The molecule has 0 N–H and O–H groups in total. The van der Waals surface area contributed by atoms with Crippen LogP contribution in [0.5, 0.6) is 5.75 Å². The van der Waals surface area contributed by atoms with E-state index in [-0.39, 0.29) is 18.1 Å². The first-order valence-electron chi connectivity index (χ1n) is 8.87. The maximum atomic E-state index is 13.2. The number of aromatic nitrogens is 1. The number of aryl methyl sites for hydroxylation is 1. The first-order valence-corrected chi connectivity index (χ1v) is 8.87. The Labute approximate surface area is 165 Å². The molecule has 0 unspecified atom stereocenters. The first-order chi connectivity index (χ1) is 13.2. The van der Waals surface area contributed by atoms with Gasteiger partial charge in [0.1, 0.15) is 11.4 Å². The van der Waals surface area contributed by atoms with E-state index >= 15 is 0 Å². The van der Waals surface area contributed by atoms with E-state index in [1.54, 1.807) is 13.8 Å². The molecule has 2 rings (SSSR count). The number of halogens is 5. The Morgan fingerprint density at radius 1 is 1.07 bits per heavy atom. The Balaban J connectivity index is 2.58. The van der Waals surface area contributed by atoms with Crippen molar-refractivity contribution < 1.29 is 36.2 Å². The summed E-state index contributed by atoms with van der Waals surface area (Å²) in [6.45, 7) is 7.14. The molecule has 29 heavy (non-hydrogen) atoms. The Morgan fingerprint density at radius 3 is 2.21 bits per heavy atom. The molecule has 1 aromatic carbocycles. The largest absolute Gasteiger partial charge is 0.487 e. The van der Waals surface area contributed by atoms with E-state index in [0.717, 1.165) is 0 Å². The van der Waals surface area contributed by atoms with Crippen LogP contribution in [0.15, 0.2) is 18.2 Å². The molecule has 9 heteroatoms. The molecule has 0 amide bonds. The van der Waals surface area contributed by atoms with Crippen LogP contribution < -0.4 is 4.74 Å². The number of ether oxygens (including phenoxy) is 2. The third-order valence-electron chi connectivity index (χ3n) is 4.22. The lowest BCUT2D eigenvalue weighted by molar-refractivity contribution is -0.290. The van der Waals surface area contributed by atoms with Crippen LogP contribution in [0.2, 0.25) is 0 Å². The van der Waals surface area contributed by atoms with E-state index in [0.29, 0.717) is 22.0 Å². The Kier molecular flexibility index (Phi) is 6.11. The molecule has 4 nitrogen and oxygen atoms in total. The molecule has 160 valence electrons. The molecule has 2 aromatic rings. The molecule has 0 saturated heterocycles. The quantitative estimate of drug-likeness (QED) is 0.468. The van der Waals surface area contributed by atoms with Gasteiger partial charge in [-0.15, -0.1) is 0 Å². The zero-order chi connectivity index (χ0) is 22.2. The van der Waals surface area contributed by atoms with E-state index in [1.165, 1.54) is 18.2 Å². The van der Waals surface area contributed by atoms with Gasteiger partial charge < -0.3 is 9.47 Å². The molecule has 1 heterocycles. The van der Waals surface area contributed by atoms with Gasteiger partial charge in [-0.25, -0.2) is 9.78 Å². The highest BCUT2D eigenvalue weighted by molar-refractivity contribution is 5.94. The number of hydrogen-bond acceptors (Lipinski definition) is 4. The zero-order valence-electron chi connectivity index (χ0n) is 16.7. The molecule has 0 bridgehead atoms. The van der Waals surface area contributed by atoms with Crippen LogP contribution in [0.1, 0.15) is 49.3 Å². The number of pyridine rings is 1. The summed E-state index contributed by atoms with van der Waals surface area (Å²) in [6, 6.07) is 4.19. The maximum absolute atomic E-state index is 13.2. The molecule has 0 aliphatic heterocycles. The molecule has 0 fully saturated rings. The highest BCUT2D eigenvalue weighted by Crippen LogP contribution is 2.38. The monoisotopic (exact) mass is 419 g/mol. The van der Waals surface area contributed by atoms with Crippen molar-refractivity contribution in [2.45, 2.75) is 52.1 Å². The van der Waals surface area contributed by atoms with Crippen LogP contribution in [0.3, 0.4) is 0 Å². The minimum absolute atomic E-state index is 0.0830. The number of nitrogens with zero attached hydrogens (tertiary/aromatic N) is 1. The number of fused-ring (bicyclic) bond motifs is 1. The predicted molar refractivity (Wildman–Crippen MR) is 97.6 cm³/mol. The molecule has 0 radical (unpaired) electrons. The summed E-state index contributed by atoms with van der Waals surface area (Å²) in [5.41, 5.74) is 1.07. The number of esters is 1. The highest BCUT2D eigenvalue weighted by Gasteiger charge is 2.58. The van der Waals surface area contributed by atoms with Gasteiger partial charge in [0, 0.05) is 5.39 Å². The van der Waals surface area contributed by atoms with Crippen LogP contribution in [-0.2, 0) is 10.2 Å². The second kappa shape index (κ2) is 7.76. The number of hydrogen-bond donors (Lipinski definition) is 0. The van der Waals surface area contributed by atoms with Crippen LogP contribution in [0.4, 0.5) is 22.0 Å². The highest BCUT2D eigenvalue weighted by atomic mass is 19.4. The fourth-order valence-electron chi connectivity index (χ4n) is 2.69. The average molecular weight is 419 g/mol. The van der Waals surface area contributed by atoms with Gasteiger partial charge in [-0.1, -0.05) is 20.8 Å². The van der Waals surface area contributed by atoms with Gasteiger partial charge in [0.15, 0.2) is 6.61 Å². The lowest BCUT2D eigenvalue weighted by Gasteiger charge is -2.24. The summed E-state index contributed by atoms with van der Waals surface area (Å²) in [5, 5.41) is 0.482. The Hall–Kier alpha value is -2.45. The molecular weight excluding hydrogens is 397 g/mol. The summed E-state index contributed by atoms with van der Waals surface area (Å²) in [5.74, 6) is -5.73. The minimum Gasteiger partial charge on any atom is -0.487 e. The van der Waals surface area contributed by atoms with Gasteiger partial charge >= 0.3 is 18.1 Å². The molecule has 1 aromatic heterocycles. The predicted octanol–water partition coefficient (Wildman–Crippen LogP) is 5.59. The molecule has 0 saturated carbocycles. The van der Waals surface area contributed by atoms with Gasteiger partial charge in [-0.2, -0.15) is 22.0 Å². The summed E-state index contributed by atoms with van der Waals surface area (Å²) in [6.07, 6.45) is -5.71. The Bertz CT molecular complexity index is 917. The first kappa shape index (κ1) is 22.8. The lowest BCUT2D eigenvalue weighted by atomic mass is 9.84. The number of benzene rings is 1. The van der Waals surface area contributed by atoms with Crippen LogP contribution in [0.25, 0.3) is 10.9 Å². The van der Waals surface area contributed by atoms with E-state index in [2.05, 4.69) is 4.98 Å². The van der Waals surface area contributed by atoms with Crippen LogP contribution in [-0.4, -0.2) is 36.3 Å². The Morgan fingerprint density at radius 2 is 1.69 bits per heavy atom. The summed E-state index contributed by atoms with van der Waals surface area (Å²) >= 11 is 0. The summed E-state index contributed by atoms with van der Waals surface area (Å²) in [4.78, 5) is 16.4. The molecule has 0 aliphatic carbocycles. The van der Waals surface area contributed by atoms with Crippen molar-refractivity contribution in [2.75, 3.05) is 13.2 Å². The van der Waals surface area contributed by atoms with E-state index < -0.39 is 30.1 Å². The minimum atomic E-state index is -5.71. The van der Waals surface area contributed by atoms with Crippen molar-refractivity contribution in [3.05, 3.63) is 35.0 Å². The third kappa shape index (κ3) is 4.94. The fraction of sp³-hybridized carbons (Fsp3) is 0.500. The average Bonchev–Trinajstić information content (AvgIpc) is 2.58. The topological polar surface area (TPSA) is 48.4 Å². The van der Waals surface area contributed by atoms with Gasteiger partial charge in [-0.05, 0) is 48.6 Å². The maximum Gasteiger partial charge on any atom is 0.456 e. The molecule has 0 spiro atoms. The van der Waals surface area contributed by atoms with E-state index in [4.69, 9.17) is 9.47 Å². The number of carbonyl (C=O) groups is 1. The van der Waals surface area contributed by atoms with E-state index in [9.17, 15) is 26.7 Å². The second-order valence-electron chi connectivity index (χ2n) is 7.65. The molecule has 0 aliphatic rings. The SMILES string of the molecule is CCOC(=O)c1cc(C)c2cc(OCC(F)(F)C(F)(F)F)cc(C(C)(C)C)c2n1. The van der Waals surface area contributed by atoms with Crippen molar-refractivity contribution in [2.24, 2.45) is 0 Å². The van der Waals surface area contributed by atoms with Gasteiger partial charge in [-0.3, -0.25) is 0 Å². The van der Waals surface area contributed by atoms with Crippen molar-refractivity contribution in [1.82, 2.24) is 4.98 Å². The van der Waals surface area contributed by atoms with Crippen molar-refractivity contribution in [3.63, 3.8) is 0 Å². The number of alkyl halides is 5. The normalized spacial score (nSPS) is 12.9. The lowest BCUT2D eigenvalue weighted by Crippen LogP contribution is -2.41. The second-order valence-corrected chi connectivity index (χ2v) is 7.65. The van der Waals surface area contributed by atoms with Crippen molar-refractivity contribution in [1.29, 1.82) is 0 Å². The standard InChI is InChI=1S/C20H22F5NO3/c1-6-28-17(27)15-7-11(2)13-8-12(29-10-19(21,22)20(23,24)25)9-14(16(13)26-15)18(3,4)5/h7-9H,6,10H2,1-5H3. The third-order valence-corrected chi connectivity index (χ3v) is 4.22. The van der Waals surface area contributed by atoms with Gasteiger partial charge in [0.05, 0.1) is 12.1 Å². The fourth-order valence-corrected chi connectivity index (χ4v) is 2.69. The molecule has 0 atom stereocenters. The van der Waals surface area contributed by atoms with Gasteiger partial charge in [0.25, 0.3) is 0 Å². The van der Waals surface area contributed by atoms with Crippen molar-refractivity contribution >= 4 is 16.9 Å². The summed E-state index contributed by atoms with van der Waals surface area (Å²) < 4.78 is 73.5. The smallest absolute Gasteiger partial charge is 0.456 e. The molecular formula is C20H22F5NO3. The van der Waals surface area contributed by atoms with Crippen LogP contribution in [0, 0.1) is 6.92 Å². The van der Waals surface area contributed by atoms with Crippen molar-refractivity contribution in [3.8, 4) is 5.75 Å². The van der Waals surface area contributed by atoms with E-state index in [1.807, 2.05) is 20.8 Å².